The van der Waals surface area contributed by atoms with Crippen LogP contribution in [0.5, 0.6) is 0 Å². The zero-order valence-corrected chi connectivity index (χ0v) is 15.0. The highest BCUT2D eigenvalue weighted by molar-refractivity contribution is 5.60. The molecule has 4 heterocycles. The first-order valence-electron chi connectivity index (χ1n) is 9.26. The Morgan fingerprint density at radius 1 is 1.11 bits per heavy atom. The molecule has 0 saturated carbocycles. The highest BCUT2D eigenvalue weighted by Crippen LogP contribution is 2.35. The third-order valence-electron chi connectivity index (χ3n) is 5.17. The first kappa shape index (κ1) is 16.7. The predicted molar refractivity (Wildman–Crippen MR) is 105 cm³/mol. The third-order valence-corrected chi connectivity index (χ3v) is 5.17. The first-order chi connectivity index (χ1) is 13.7. The van der Waals surface area contributed by atoms with Crippen molar-refractivity contribution >= 4 is 11.5 Å². The monoisotopic (exact) mass is 375 g/mol. The van der Waals surface area contributed by atoms with Crippen molar-refractivity contribution in [2.24, 2.45) is 0 Å². The molecule has 6 nitrogen and oxygen atoms in total. The molecule has 7 heteroatoms. The fraction of sp³-hybridized carbons (Fsp3) is 0.190. The number of hydrogen-bond donors (Lipinski definition) is 1. The van der Waals surface area contributed by atoms with E-state index in [9.17, 15) is 9.18 Å². The fourth-order valence-corrected chi connectivity index (χ4v) is 3.90. The van der Waals surface area contributed by atoms with Crippen LogP contribution in [0, 0.1) is 5.82 Å². The van der Waals surface area contributed by atoms with Crippen LogP contribution in [-0.4, -0.2) is 26.1 Å². The number of imidazole rings is 1. The van der Waals surface area contributed by atoms with E-state index in [0.717, 1.165) is 36.5 Å². The molecular weight excluding hydrogens is 357 g/mol. The van der Waals surface area contributed by atoms with Crippen LogP contribution in [0.25, 0.3) is 17.0 Å². The van der Waals surface area contributed by atoms with E-state index >= 15 is 0 Å². The Kier molecular flexibility index (Phi) is 3.93. The van der Waals surface area contributed by atoms with E-state index in [2.05, 4.69) is 14.9 Å². The number of halogens is 1. The van der Waals surface area contributed by atoms with Crippen LogP contribution in [0.4, 0.5) is 10.2 Å². The second kappa shape index (κ2) is 6.60. The zero-order chi connectivity index (χ0) is 19.1. The molecule has 28 heavy (non-hydrogen) atoms. The molecule has 0 amide bonds. The summed E-state index contributed by atoms with van der Waals surface area (Å²) < 4.78 is 15.5. The van der Waals surface area contributed by atoms with Crippen LogP contribution in [0.15, 0.2) is 65.6 Å². The molecule has 3 aromatic heterocycles. The van der Waals surface area contributed by atoms with Gasteiger partial charge in [-0.25, -0.2) is 13.9 Å². The summed E-state index contributed by atoms with van der Waals surface area (Å²) in [5, 5.41) is 4.79. The SMILES string of the molecule is O=c1cccc(-c2cnc3ccc(N4CCCC4c4cccc(F)c4)nn23)[nH]1. The average molecular weight is 375 g/mol. The molecule has 1 aliphatic heterocycles. The third kappa shape index (κ3) is 2.85. The minimum atomic E-state index is -0.224. The van der Waals surface area contributed by atoms with Gasteiger partial charge in [0.2, 0.25) is 5.56 Å². The van der Waals surface area contributed by atoms with E-state index in [1.54, 1.807) is 28.9 Å². The summed E-state index contributed by atoms with van der Waals surface area (Å²) in [7, 11) is 0. The van der Waals surface area contributed by atoms with Crippen molar-refractivity contribution in [3.05, 3.63) is 82.5 Å². The molecule has 0 radical (unpaired) electrons. The summed E-state index contributed by atoms with van der Waals surface area (Å²) in [6, 6.07) is 15.7. The van der Waals surface area contributed by atoms with Crippen molar-refractivity contribution in [3.8, 4) is 11.4 Å². The molecular formula is C21H18FN5O. The molecule has 1 aliphatic rings. The van der Waals surface area contributed by atoms with Crippen LogP contribution < -0.4 is 10.5 Å². The summed E-state index contributed by atoms with van der Waals surface area (Å²) in [5.74, 6) is 0.578. The molecule has 1 unspecified atom stereocenters. The van der Waals surface area contributed by atoms with Gasteiger partial charge in [0.15, 0.2) is 5.65 Å². The Morgan fingerprint density at radius 3 is 2.86 bits per heavy atom. The Balaban J connectivity index is 1.57. The van der Waals surface area contributed by atoms with Crippen LogP contribution in [0.2, 0.25) is 0 Å². The van der Waals surface area contributed by atoms with E-state index in [1.165, 1.54) is 12.1 Å². The number of anilines is 1. The Hall–Kier alpha value is -3.48. The predicted octanol–water partition coefficient (Wildman–Crippen LogP) is 3.57. The average Bonchev–Trinajstić information content (AvgIpc) is 3.34. The lowest BCUT2D eigenvalue weighted by molar-refractivity contribution is 0.617. The number of hydrogen-bond acceptors (Lipinski definition) is 4. The van der Waals surface area contributed by atoms with E-state index in [0.29, 0.717) is 11.3 Å². The van der Waals surface area contributed by atoms with E-state index in [1.807, 2.05) is 24.3 Å². The lowest BCUT2D eigenvalue weighted by Crippen LogP contribution is -2.24. The number of aromatic nitrogens is 4. The summed E-state index contributed by atoms with van der Waals surface area (Å²) in [6.45, 7) is 0.853. The smallest absolute Gasteiger partial charge is 0.248 e. The molecule has 0 spiro atoms. The fourth-order valence-electron chi connectivity index (χ4n) is 3.90. The molecule has 4 aromatic rings. The molecule has 1 atom stereocenters. The Morgan fingerprint density at radius 2 is 2.00 bits per heavy atom. The molecule has 5 rings (SSSR count). The van der Waals surface area contributed by atoms with E-state index < -0.39 is 0 Å². The standard InChI is InChI=1S/C21H18FN5O/c22-15-5-1-4-14(12-15)17-7-3-11-26(17)20-10-9-19-23-13-18(27(19)25-20)16-6-2-8-21(28)24-16/h1-2,4-6,8-10,12-13,17H,3,7,11H2,(H,24,28). The molecule has 1 saturated heterocycles. The zero-order valence-electron chi connectivity index (χ0n) is 15.0. The van der Waals surface area contributed by atoms with Crippen LogP contribution in [-0.2, 0) is 0 Å². The first-order valence-corrected chi connectivity index (χ1v) is 9.26. The van der Waals surface area contributed by atoms with Crippen LogP contribution in [0.3, 0.4) is 0 Å². The van der Waals surface area contributed by atoms with Crippen molar-refractivity contribution in [2.75, 3.05) is 11.4 Å². The summed E-state index contributed by atoms with van der Waals surface area (Å²) >= 11 is 0. The lowest BCUT2D eigenvalue weighted by atomic mass is 10.0. The topological polar surface area (TPSA) is 66.3 Å². The molecule has 0 bridgehead atoms. The number of nitrogens with zero attached hydrogens (tertiary/aromatic N) is 4. The highest BCUT2D eigenvalue weighted by Gasteiger charge is 2.28. The molecule has 140 valence electrons. The minimum absolute atomic E-state index is 0.0872. The van der Waals surface area contributed by atoms with Gasteiger partial charge in [0.05, 0.1) is 17.9 Å². The maximum absolute atomic E-state index is 13.7. The summed E-state index contributed by atoms with van der Waals surface area (Å²) in [5.41, 5.74) is 2.86. The van der Waals surface area contributed by atoms with Gasteiger partial charge in [-0.2, -0.15) is 0 Å². The van der Waals surface area contributed by atoms with Gasteiger partial charge in [-0.1, -0.05) is 18.2 Å². The number of pyridine rings is 1. The van der Waals surface area contributed by atoms with Gasteiger partial charge in [-0.05, 0) is 48.7 Å². The molecule has 0 aliphatic carbocycles. The minimum Gasteiger partial charge on any atom is -0.348 e. The number of benzene rings is 1. The number of fused-ring (bicyclic) bond motifs is 1. The quantitative estimate of drug-likeness (QED) is 0.595. The summed E-state index contributed by atoms with van der Waals surface area (Å²) in [4.78, 5) is 21.1. The number of nitrogens with one attached hydrogen (secondary N) is 1. The number of H-pyrrole nitrogens is 1. The van der Waals surface area contributed by atoms with Gasteiger partial charge >= 0.3 is 0 Å². The second-order valence-corrected chi connectivity index (χ2v) is 6.94. The lowest BCUT2D eigenvalue weighted by Gasteiger charge is -2.26. The molecule has 1 fully saturated rings. The molecule has 1 N–H and O–H groups in total. The van der Waals surface area contributed by atoms with Gasteiger partial charge < -0.3 is 9.88 Å². The Bertz CT molecular complexity index is 1210. The van der Waals surface area contributed by atoms with Crippen molar-refractivity contribution < 1.29 is 4.39 Å². The Labute approximate surface area is 160 Å². The van der Waals surface area contributed by atoms with Crippen molar-refractivity contribution in [1.29, 1.82) is 0 Å². The van der Waals surface area contributed by atoms with E-state index in [-0.39, 0.29) is 17.4 Å². The highest BCUT2D eigenvalue weighted by atomic mass is 19.1. The maximum atomic E-state index is 13.7. The van der Waals surface area contributed by atoms with Gasteiger partial charge in [0.1, 0.15) is 17.3 Å². The van der Waals surface area contributed by atoms with Gasteiger partial charge in [0, 0.05) is 12.6 Å². The normalized spacial score (nSPS) is 16.8. The number of aromatic amines is 1. The van der Waals surface area contributed by atoms with Gasteiger partial charge in [-0.15, -0.1) is 5.10 Å². The van der Waals surface area contributed by atoms with Gasteiger partial charge in [-0.3, -0.25) is 4.79 Å². The largest absolute Gasteiger partial charge is 0.348 e. The summed E-state index contributed by atoms with van der Waals surface area (Å²) in [6.07, 6.45) is 3.67. The van der Waals surface area contributed by atoms with E-state index in [4.69, 9.17) is 5.10 Å². The number of rotatable bonds is 3. The van der Waals surface area contributed by atoms with Gasteiger partial charge in [0.25, 0.3) is 0 Å². The van der Waals surface area contributed by atoms with Crippen LogP contribution >= 0.6 is 0 Å². The molecule has 1 aromatic carbocycles. The van der Waals surface area contributed by atoms with Crippen molar-refractivity contribution in [3.63, 3.8) is 0 Å². The van der Waals surface area contributed by atoms with Crippen LogP contribution in [0.1, 0.15) is 24.4 Å². The maximum Gasteiger partial charge on any atom is 0.248 e. The second-order valence-electron chi connectivity index (χ2n) is 6.94. The van der Waals surface area contributed by atoms with Crippen molar-refractivity contribution in [2.45, 2.75) is 18.9 Å². The van der Waals surface area contributed by atoms with Crippen molar-refractivity contribution in [1.82, 2.24) is 19.6 Å².